The molecule has 148 valence electrons. The van der Waals surface area contributed by atoms with E-state index in [0.29, 0.717) is 0 Å². The summed E-state index contributed by atoms with van der Waals surface area (Å²) in [4.78, 5) is 18.4. The van der Waals surface area contributed by atoms with Crippen LogP contribution < -0.4 is 4.98 Å². The zero-order valence-corrected chi connectivity index (χ0v) is 22.0. The Morgan fingerprint density at radius 2 is 1.74 bits per heavy atom. The molecule has 0 aromatic heterocycles. The van der Waals surface area contributed by atoms with E-state index in [-0.39, 0.29) is 11.3 Å². The normalized spacial score (nSPS) is 15.0. The van der Waals surface area contributed by atoms with E-state index in [4.69, 9.17) is 4.98 Å². The van der Waals surface area contributed by atoms with Crippen LogP contribution in [0.2, 0.25) is 39.3 Å². The molecular formula is C22H37NOSi3. The molecule has 0 fully saturated rings. The van der Waals surface area contributed by atoms with Crippen LogP contribution in [0, 0.1) is 0 Å². The average molecular weight is 416 g/mol. The average Bonchev–Trinajstić information content (AvgIpc) is 2.95. The first kappa shape index (κ1) is 22.4. The second kappa shape index (κ2) is 7.48. The highest BCUT2D eigenvalue weighted by molar-refractivity contribution is 7.63. The fraction of sp³-hybridized carbons (Fsp3) is 0.591. The smallest absolute Gasteiger partial charge is 0.263 e. The molecule has 1 aliphatic rings. The van der Waals surface area contributed by atoms with Gasteiger partial charge in [-0.05, 0) is 41.0 Å². The fourth-order valence-electron chi connectivity index (χ4n) is 3.44. The van der Waals surface area contributed by atoms with Crippen molar-refractivity contribution in [1.82, 2.24) is 4.98 Å². The molecule has 2 nitrogen and oxygen atoms in total. The predicted molar refractivity (Wildman–Crippen MR) is 126 cm³/mol. The summed E-state index contributed by atoms with van der Waals surface area (Å²) in [7, 11) is -3.78. The molecule has 0 unspecified atom stereocenters. The van der Waals surface area contributed by atoms with E-state index in [1.165, 1.54) is 22.3 Å². The van der Waals surface area contributed by atoms with Gasteiger partial charge in [0.25, 0.3) is 5.91 Å². The molecule has 1 aliphatic carbocycles. The van der Waals surface area contributed by atoms with Crippen molar-refractivity contribution in [3.05, 3.63) is 40.0 Å². The number of hydrogen-bond donors (Lipinski definition) is 0. The van der Waals surface area contributed by atoms with Crippen molar-refractivity contribution in [2.75, 3.05) is 0 Å². The molecule has 0 heterocycles. The Morgan fingerprint density at radius 1 is 1.15 bits per heavy atom. The first-order chi connectivity index (χ1) is 12.2. The van der Waals surface area contributed by atoms with E-state index in [2.05, 4.69) is 85.2 Å². The number of carbonyl (C=O) groups is 1. The van der Waals surface area contributed by atoms with Crippen molar-refractivity contribution in [3.8, 4) is 0 Å². The van der Waals surface area contributed by atoms with Crippen molar-refractivity contribution in [1.29, 1.82) is 0 Å². The van der Waals surface area contributed by atoms with Crippen molar-refractivity contribution < 1.29 is 4.79 Å². The summed E-state index contributed by atoms with van der Waals surface area (Å²) in [6.45, 7) is 23.2. The lowest BCUT2D eigenvalue weighted by atomic mass is 9.83. The van der Waals surface area contributed by atoms with Gasteiger partial charge in [-0.1, -0.05) is 84.7 Å². The van der Waals surface area contributed by atoms with Crippen LogP contribution in [0.4, 0.5) is 0 Å². The monoisotopic (exact) mass is 415 g/mol. The third kappa shape index (κ3) is 4.40. The van der Waals surface area contributed by atoms with Crippen LogP contribution in [0.15, 0.2) is 17.7 Å². The van der Waals surface area contributed by atoms with Crippen LogP contribution in [0.5, 0.6) is 0 Å². The number of hydrogen-bond acceptors (Lipinski definition) is 1. The molecule has 0 saturated carbocycles. The van der Waals surface area contributed by atoms with Gasteiger partial charge in [0.05, 0.1) is 7.11 Å². The van der Waals surface area contributed by atoms with E-state index < -0.39 is 23.2 Å². The highest BCUT2D eigenvalue weighted by atomic mass is 29.6. The summed E-state index contributed by atoms with van der Waals surface area (Å²) in [5, 5.41) is 0. The minimum Gasteiger partial charge on any atom is -0.290 e. The third-order valence-corrected chi connectivity index (χ3v) is 40.1. The van der Waals surface area contributed by atoms with Crippen molar-refractivity contribution >= 4 is 35.2 Å². The zero-order valence-electron chi connectivity index (χ0n) is 19.0. The number of rotatable bonds is 5. The van der Waals surface area contributed by atoms with Gasteiger partial charge in [0.2, 0.25) is 0 Å². The van der Waals surface area contributed by atoms with Crippen molar-refractivity contribution in [2.24, 2.45) is 0 Å². The standard InChI is InChI=1S/C22H37NOSi3/c1-11-16-12-17-14-18(22(2,3)4)15-20(19(17)13-16)21(24)23-26(7,8)27(9,10)25(5)6/h12,14-15H,11,13H2,1-10H3. The Balaban J connectivity index is 2.47. The molecule has 0 N–H and O–H groups in total. The minimum atomic E-state index is -1.92. The van der Waals surface area contributed by atoms with E-state index in [0.717, 1.165) is 18.4 Å². The highest BCUT2D eigenvalue weighted by Gasteiger charge is 2.47. The summed E-state index contributed by atoms with van der Waals surface area (Å²) in [6.07, 6.45) is 4.25. The molecule has 0 saturated heterocycles. The largest absolute Gasteiger partial charge is 0.290 e. The van der Waals surface area contributed by atoms with Gasteiger partial charge < -0.3 is 0 Å². The summed E-state index contributed by atoms with van der Waals surface area (Å²) >= 11 is 0. The van der Waals surface area contributed by atoms with Crippen molar-refractivity contribution in [2.45, 2.75) is 85.2 Å². The van der Waals surface area contributed by atoms with E-state index >= 15 is 0 Å². The molecule has 0 aliphatic heterocycles. The SMILES string of the molecule is CCC1=Cc2cc(C(C)(C)C)cc(C(=O)[N][Si](C)(C)[Si](C)(C)[Si](C)C)c2C1. The van der Waals surface area contributed by atoms with Gasteiger partial charge in [-0.15, -0.1) is 0 Å². The van der Waals surface area contributed by atoms with Crippen LogP contribution in [-0.2, 0) is 11.8 Å². The third-order valence-electron chi connectivity index (χ3n) is 6.76. The number of allylic oxidation sites excluding steroid dienone is 1. The molecule has 0 atom stereocenters. The molecule has 1 amide bonds. The molecular weight excluding hydrogens is 379 g/mol. The molecule has 1 aromatic carbocycles. The van der Waals surface area contributed by atoms with Crippen LogP contribution >= 0.6 is 0 Å². The lowest BCUT2D eigenvalue weighted by Gasteiger charge is -2.39. The van der Waals surface area contributed by atoms with Gasteiger partial charge in [-0.3, -0.25) is 9.78 Å². The fourth-order valence-corrected chi connectivity index (χ4v) is 21.9. The molecule has 5 heteroatoms. The Morgan fingerprint density at radius 3 is 2.22 bits per heavy atom. The Kier molecular flexibility index (Phi) is 6.20. The van der Waals surface area contributed by atoms with E-state index in [9.17, 15) is 4.79 Å². The highest BCUT2D eigenvalue weighted by Crippen LogP contribution is 2.35. The molecule has 0 bridgehead atoms. The van der Waals surface area contributed by atoms with Gasteiger partial charge in [-0.2, -0.15) is 0 Å². The quantitative estimate of drug-likeness (QED) is 0.550. The molecule has 2 rings (SSSR count). The van der Waals surface area contributed by atoms with Gasteiger partial charge in [0.1, 0.15) is 0 Å². The molecule has 2 radical (unpaired) electrons. The minimum absolute atomic E-state index is 0.0246. The number of carbonyl (C=O) groups excluding carboxylic acids is 1. The number of amides is 1. The Bertz CT molecular complexity index is 770. The molecule has 1 aromatic rings. The molecule has 0 spiro atoms. The number of nitrogens with zero attached hydrogens (tertiary/aromatic N) is 1. The Labute approximate surface area is 170 Å². The van der Waals surface area contributed by atoms with E-state index in [1.54, 1.807) is 0 Å². The summed E-state index contributed by atoms with van der Waals surface area (Å²) < 4.78 is 0. The van der Waals surface area contributed by atoms with Crippen molar-refractivity contribution in [3.63, 3.8) is 0 Å². The maximum absolute atomic E-state index is 13.4. The van der Waals surface area contributed by atoms with Crippen LogP contribution in [0.3, 0.4) is 0 Å². The van der Waals surface area contributed by atoms with Gasteiger partial charge in [-0.25, -0.2) is 0 Å². The predicted octanol–water partition coefficient (Wildman–Crippen LogP) is 5.90. The second-order valence-electron chi connectivity index (χ2n) is 10.3. The maximum atomic E-state index is 13.4. The Hall–Kier alpha value is -0.919. The lowest BCUT2D eigenvalue weighted by molar-refractivity contribution is 0.0974. The maximum Gasteiger partial charge on any atom is 0.263 e. The lowest BCUT2D eigenvalue weighted by Crippen LogP contribution is -2.68. The zero-order chi connectivity index (χ0) is 20.8. The van der Waals surface area contributed by atoms with Gasteiger partial charge in [0.15, 0.2) is 7.75 Å². The number of benzene rings is 1. The first-order valence-electron chi connectivity index (χ1n) is 10.2. The van der Waals surface area contributed by atoms with Crippen LogP contribution in [0.1, 0.15) is 61.2 Å². The molecule has 27 heavy (non-hydrogen) atoms. The topological polar surface area (TPSA) is 31.2 Å². The van der Waals surface area contributed by atoms with Crippen LogP contribution in [-0.4, -0.2) is 29.1 Å². The first-order valence-corrected chi connectivity index (χ1v) is 20.6. The van der Waals surface area contributed by atoms with Gasteiger partial charge in [0, 0.05) is 13.9 Å². The number of fused-ring (bicyclic) bond motifs is 1. The van der Waals surface area contributed by atoms with E-state index in [1.807, 2.05) is 0 Å². The van der Waals surface area contributed by atoms with Gasteiger partial charge >= 0.3 is 0 Å². The second-order valence-corrected chi connectivity index (χ2v) is 34.5. The summed E-state index contributed by atoms with van der Waals surface area (Å²) in [5.41, 5.74) is 5.99. The summed E-state index contributed by atoms with van der Waals surface area (Å²) in [5.74, 6) is 0.0450. The summed E-state index contributed by atoms with van der Waals surface area (Å²) in [6, 6.07) is 4.43. The van der Waals surface area contributed by atoms with Crippen LogP contribution in [0.25, 0.3) is 6.08 Å².